The molecule has 1 aliphatic rings. The highest BCUT2D eigenvalue weighted by Crippen LogP contribution is 2.24. The molecule has 168 valence electrons. The first-order valence-electron chi connectivity index (χ1n) is 11.0. The Morgan fingerprint density at radius 3 is 2.15 bits per heavy atom. The quantitative estimate of drug-likeness (QED) is 0.436. The fraction of sp³-hybridized carbons (Fsp3) is 0.111. The predicted octanol–water partition coefficient (Wildman–Crippen LogP) is 3.66. The zero-order valence-corrected chi connectivity index (χ0v) is 18.3. The Bertz CT molecular complexity index is 1330. The number of nitrogens with zero attached hydrogens (tertiary/aromatic N) is 3. The topological polar surface area (TPSA) is 84.3 Å². The van der Waals surface area contributed by atoms with E-state index >= 15 is 0 Å². The second-order valence-electron chi connectivity index (χ2n) is 8.15. The molecule has 3 aromatic carbocycles. The van der Waals surface area contributed by atoms with E-state index in [9.17, 15) is 14.4 Å². The van der Waals surface area contributed by atoms with Crippen molar-refractivity contribution in [2.45, 2.75) is 19.6 Å². The van der Waals surface area contributed by atoms with Gasteiger partial charge in [0.1, 0.15) is 0 Å². The number of aromatic nitrogens is 2. The summed E-state index contributed by atoms with van der Waals surface area (Å²) in [6.07, 6.45) is 3.65. The molecule has 0 fully saturated rings. The highest BCUT2D eigenvalue weighted by molar-refractivity contribution is 6.21. The number of imide groups is 1. The monoisotopic (exact) mass is 450 g/mol. The Labute approximate surface area is 196 Å². The van der Waals surface area contributed by atoms with E-state index < -0.39 is 0 Å². The van der Waals surface area contributed by atoms with Crippen molar-refractivity contribution < 1.29 is 14.4 Å². The van der Waals surface area contributed by atoms with E-state index in [-0.39, 0.29) is 24.3 Å². The molecule has 5 rings (SSSR count). The van der Waals surface area contributed by atoms with Crippen LogP contribution in [0.15, 0.2) is 91.3 Å². The van der Waals surface area contributed by atoms with Crippen LogP contribution < -0.4 is 5.32 Å². The van der Waals surface area contributed by atoms with Gasteiger partial charge in [0.2, 0.25) is 0 Å². The molecule has 4 aromatic rings. The molecule has 7 nitrogen and oxygen atoms in total. The molecule has 0 aliphatic carbocycles. The summed E-state index contributed by atoms with van der Waals surface area (Å²) in [4.78, 5) is 39.0. The second kappa shape index (κ2) is 9.15. The molecule has 1 N–H and O–H groups in total. The molecule has 2 heterocycles. The number of rotatable bonds is 7. The highest BCUT2D eigenvalue weighted by Gasteiger charge is 2.34. The van der Waals surface area contributed by atoms with Crippen LogP contribution in [-0.4, -0.2) is 32.4 Å². The maximum atomic E-state index is 12.6. The van der Waals surface area contributed by atoms with Crippen LogP contribution in [-0.2, 0) is 19.6 Å². The number of nitrogens with one attached hydrogen (secondary N) is 1. The van der Waals surface area contributed by atoms with Crippen LogP contribution in [0.4, 0.5) is 0 Å². The van der Waals surface area contributed by atoms with Gasteiger partial charge in [0.05, 0.1) is 24.2 Å². The maximum Gasteiger partial charge on any atom is 0.261 e. The lowest BCUT2D eigenvalue weighted by atomic mass is 10.1. The number of amides is 3. The molecule has 0 saturated carbocycles. The van der Waals surface area contributed by atoms with E-state index in [2.05, 4.69) is 10.4 Å². The van der Waals surface area contributed by atoms with Gasteiger partial charge in [0, 0.05) is 24.5 Å². The van der Waals surface area contributed by atoms with E-state index in [4.69, 9.17) is 0 Å². The first-order chi connectivity index (χ1) is 16.6. The van der Waals surface area contributed by atoms with Crippen LogP contribution in [0.3, 0.4) is 0 Å². The van der Waals surface area contributed by atoms with Gasteiger partial charge in [0.25, 0.3) is 17.7 Å². The smallest absolute Gasteiger partial charge is 0.261 e. The Morgan fingerprint density at radius 1 is 0.765 bits per heavy atom. The van der Waals surface area contributed by atoms with E-state index in [1.807, 2.05) is 41.2 Å². The molecule has 0 atom stereocenters. The molecule has 0 saturated heterocycles. The summed E-state index contributed by atoms with van der Waals surface area (Å²) in [5, 5.41) is 7.16. The lowest BCUT2D eigenvalue weighted by Gasteiger charge is -2.14. The van der Waals surface area contributed by atoms with Crippen molar-refractivity contribution >= 4 is 17.7 Å². The first-order valence-corrected chi connectivity index (χ1v) is 11.0. The number of hydrogen-bond donors (Lipinski definition) is 1. The van der Waals surface area contributed by atoms with Crippen molar-refractivity contribution in [3.05, 3.63) is 125 Å². The maximum absolute atomic E-state index is 12.6. The van der Waals surface area contributed by atoms with Crippen molar-refractivity contribution in [2.75, 3.05) is 0 Å². The summed E-state index contributed by atoms with van der Waals surface area (Å²) in [6, 6.07) is 23.7. The van der Waals surface area contributed by atoms with Crippen LogP contribution >= 0.6 is 0 Å². The molecule has 0 unspecified atom stereocenters. The summed E-state index contributed by atoms with van der Waals surface area (Å²) >= 11 is 0. The number of fused-ring (bicyclic) bond motifs is 1. The highest BCUT2D eigenvalue weighted by atomic mass is 16.2. The number of carbonyl (C=O) groups excluding carboxylic acids is 3. The van der Waals surface area contributed by atoms with Crippen LogP contribution in [0.5, 0.6) is 0 Å². The summed E-state index contributed by atoms with van der Waals surface area (Å²) in [6.45, 7) is 1.24. The molecule has 34 heavy (non-hydrogen) atoms. The summed E-state index contributed by atoms with van der Waals surface area (Å²) in [5.41, 5.74) is 4.25. The molecular formula is C27H22N4O3. The van der Waals surface area contributed by atoms with Crippen LogP contribution in [0.25, 0.3) is 0 Å². The summed E-state index contributed by atoms with van der Waals surface area (Å²) in [5.74, 6) is -0.779. The van der Waals surface area contributed by atoms with Crippen molar-refractivity contribution in [1.29, 1.82) is 0 Å². The van der Waals surface area contributed by atoms with Crippen LogP contribution in [0.1, 0.15) is 47.8 Å². The van der Waals surface area contributed by atoms with E-state index in [1.165, 1.54) is 4.90 Å². The third-order valence-electron chi connectivity index (χ3n) is 5.78. The largest absolute Gasteiger partial charge is 0.348 e. The first kappa shape index (κ1) is 21.3. The summed E-state index contributed by atoms with van der Waals surface area (Å²) < 4.78 is 1.85. The molecule has 1 aliphatic heterocycles. The minimum atomic E-state index is -0.294. The normalized spacial score (nSPS) is 12.6. The molecular weight excluding hydrogens is 428 g/mol. The van der Waals surface area contributed by atoms with Crippen molar-refractivity contribution in [3.8, 4) is 0 Å². The zero-order valence-electron chi connectivity index (χ0n) is 18.3. The molecule has 0 radical (unpaired) electrons. The predicted molar refractivity (Wildman–Crippen MR) is 126 cm³/mol. The third kappa shape index (κ3) is 4.36. The van der Waals surface area contributed by atoms with E-state index in [0.29, 0.717) is 29.8 Å². The molecule has 0 spiro atoms. The fourth-order valence-electron chi connectivity index (χ4n) is 4.03. The third-order valence-corrected chi connectivity index (χ3v) is 5.78. The van der Waals surface area contributed by atoms with E-state index in [0.717, 1.165) is 16.7 Å². The number of carbonyl (C=O) groups is 3. The van der Waals surface area contributed by atoms with Crippen LogP contribution in [0.2, 0.25) is 0 Å². The average molecular weight is 450 g/mol. The minimum Gasteiger partial charge on any atom is -0.348 e. The minimum absolute atomic E-state index is 0.164. The standard InChI is InChI=1S/C27H22N4O3/c32-25(28-16-20-5-3-6-21(15-20)17-30-14-4-13-29-30)22-11-9-19(10-12-22)18-31-26(33)23-7-1-2-8-24(23)27(31)34/h1-15H,16-18H2,(H,28,32). The fourth-order valence-corrected chi connectivity index (χ4v) is 4.03. The lowest BCUT2D eigenvalue weighted by molar-refractivity contribution is 0.0641. The molecule has 7 heteroatoms. The van der Waals surface area contributed by atoms with Gasteiger partial charge in [-0.05, 0) is 47.0 Å². The van der Waals surface area contributed by atoms with Gasteiger partial charge in [-0.2, -0.15) is 5.10 Å². The Kier molecular flexibility index (Phi) is 5.74. The van der Waals surface area contributed by atoms with Gasteiger partial charge >= 0.3 is 0 Å². The molecule has 3 amide bonds. The Balaban J connectivity index is 1.19. The van der Waals surface area contributed by atoms with Crippen LogP contribution in [0, 0.1) is 0 Å². The SMILES string of the molecule is O=C(NCc1cccc(Cn2cccn2)c1)c1ccc(CN2C(=O)c3ccccc3C2=O)cc1. The molecule has 0 bridgehead atoms. The van der Waals surface area contributed by atoms with Crippen molar-refractivity contribution in [2.24, 2.45) is 0 Å². The van der Waals surface area contributed by atoms with Gasteiger partial charge in [-0.25, -0.2) is 0 Å². The number of hydrogen-bond acceptors (Lipinski definition) is 4. The van der Waals surface area contributed by atoms with E-state index in [1.54, 1.807) is 54.7 Å². The Hall–Kier alpha value is -4.52. The van der Waals surface area contributed by atoms with Crippen molar-refractivity contribution in [1.82, 2.24) is 20.0 Å². The second-order valence-corrected chi connectivity index (χ2v) is 8.15. The zero-order chi connectivity index (χ0) is 23.5. The summed E-state index contributed by atoms with van der Waals surface area (Å²) in [7, 11) is 0. The average Bonchev–Trinajstić information content (AvgIpc) is 3.46. The van der Waals surface area contributed by atoms with Gasteiger partial charge in [-0.15, -0.1) is 0 Å². The van der Waals surface area contributed by atoms with Gasteiger partial charge < -0.3 is 5.32 Å². The van der Waals surface area contributed by atoms with Crippen molar-refractivity contribution in [3.63, 3.8) is 0 Å². The lowest BCUT2D eigenvalue weighted by Crippen LogP contribution is -2.29. The Morgan fingerprint density at radius 2 is 1.47 bits per heavy atom. The van der Waals surface area contributed by atoms with Gasteiger partial charge in [0.15, 0.2) is 0 Å². The van der Waals surface area contributed by atoms with Gasteiger partial charge in [-0.3, -0.25) is 24.0 Å². The van der Waals surface area contributed by atoms with Gasteiger partial charge in [-0.1, -0.05) is 48.5 Å². The number of benzene rings is 3. The molecule has 1 aromatic heterocycles.